The van der Waals surface area contributed by atoms with Gasteiger partial charge < -0.3 is 19.7 Å². The van der Waals surface area contributed by atoms with E-state index < -0.39 is 18.5 Å². The smallest absolute Gasteiger partial charge is 0.186 e. The maximum absolute atomic E-state index is 9.55. The summed E-state index contributed by atoms with van der Waals surface area (Å²) in [5.74, 6) is 0. The van der Waals surface area contributed by atoms with Crippen molar-refractivity contribution in [1.29, 1.82) is 0 Å². The van der Waals surface area contributed by atoms with Gasteiger partial charge in [-0.05, 0) is 6.42 Å². The molecule has 4 nitrogen and oxygen atoms in total. The lowest BCUT2D eigenvalue weighted by Crippen LogP contribution is -2.33. The van der Waals surface area contributed by atoms with Crippen molar-refractivity contribution in [3.05, 3.63) is 0 Å². The molecule has 1 rings (SSSR count). The molecule has 3 unspecified atom stereocenters. The minimum absolute atomic E-state index is 0.313. The Balaban J connectivity index is 2.50. The van der Waals surface area contributed by atoms with Crippen molar-refractivity contribution in [2.45, 2.75) is 41.9 Å². The number of hydrogen-bond donors (Lipinski definition) is 2. The molecule has 5 heteroatoms. The van der Waals surface area contributed by atoms with E-state index in [0.29, 0.717) is 3.92 Å². The van der Waals surface area contributed by atoms with E-state index >= 15 is 0 Å². The average molecular weight is 302 g/mol. The van der Waals surface area contributed by atoms with Crippen LogP contribution in [-0.4, -0.2) is 45.8 Å². The third-order valence-corrected chi connectivity index (χ3v) is 2.62. The predicted molar refractivity (Wildman–Crippen MR) is 55.8 cm³/mol. The van der Waals surface area contributed by atoms with Crippen molar-refractivity contribution in [3.8, 4) is 0 Å². The summed E-state index contributed by atoms with van der Waals surface area (Å²) in [6.45, 7) is 2.03. The van der Waals surface area contributed by atoms with E-state index in [0.717, 1.165) is 6.42 Å². The number of hydrogen-bond acceptors (Lipinski definition) is 4. The molecule has 0 aliphatic carbocycles. The highest BCUT2D eigenvalue weighted by Crippen LogP contribution is 2.26. The van der Waals surface area contributed by atoms with Gasteiger partial charge in [0.1, 0.15) is 12.2 Å². The lowest BCUT2D eigenvalue weighted by Gasteiger charge is -2.14. The molecule has 0 bridgehead atoms. The Morgan fingerprint density at radius 2 is 2.08 bits per heavy atom. The van der Waals surface area contributed by atoms with Crippen LogP contribution in [0.1, 0.15) is 13.3 Å². The molecule has 1 heterocycles. The largest absolute Gasteiger partial charge is 0.387 e. The third-order valence-electron chi connectivity index (χ3n) is 2.11. The average Bonchev–Trinajstić information content (AvgIpc) is 2.32. The number of aliphatic hydroxyl groups excluding tert-OH is 2. The molecule has 2 N–H and O–H groups in total. The van der Waals surface area contributed by atoms with Crippen molar-refractivity contribution < 1.29 is 19.7 Å². The van der Waals surface area contributed by atoms with Gasteiger partial charge in [-0.2, -0.15) is 0 Å². The van der Waals surface area contributed by atoms with Crippen molar-refractivity contribution in [2.24, 2.45) is 0 Å². The summed E-state index contributed by atoms with van der Waals surface area (Å²) >= 11 is 2.25. The zero-order valence-corrected chi connectivity index (χ0v) is 9.84. The van der Waals surface area contributed by atoms with Gasteiger partial charge in [0, 0.05) is 11.0 Å². The Bertz CT molecular complexity index is 164. The predicted octanol–water partition coefficient (Wildman–Crippen LogP) is 0.293. The molecule has 0 radical (unpaired) electrons. The maximum Gasteiger partial charge on any atom is 0.186 e. The first-order chi connectivity index (χ1) is 6.06. The highest BCUT2D eigenvalue weighted by Gasteiger charge is 2.42. The number of rotatable bonds is 3. The Hall–Kier alpha value is 0.570. The van der Waals surface area contributed by atoms with Gasteiger partial charge in [0.15, 0.2) is 6.29 Å². The monoisotopic (exact) mass is 302 g/mol. The normalized spacial score (nSPS) is 42.2. The fourth-order valence-corrected chi connectivity index (χ4v) is 1.93. The number of ether oxygens (including phenoxy) is 2. The number of halogens is 1. The summed E-state index contributed by atoms with van der Waals surface area (Å²) in [6, 6.07) is 0. The van der Waals surface area contributed by atoms with Gasteiger partial charge in [-0.25, -0.2) is 0 Å². The molecule has 5 atom stereocenters. The van der Waals surface area contributed by atoms with E-state index in [1.807, 2.05) is 6.92 Å². The van der Waals surface area contributed by atoms with E-state index in [4.69, 9.17) is 9.47 Å². The van der Waals surface area contributed by atoms with Crippen LogP contribution in [0.25, 0.3) is 0 Å². The van der Waals surface area contributed by atoms with Gasteiger partial charge >= 0.3 is 0 Å². The fourth-order valence-electron chi connectivity index (χ4n) is 1.42. The summed E-state index contributed by atoms with van der Waals surface area (Å²) < 4.78 is 10.6. The minimum atomic E-state index is -0.926. The lowest BCUT2D eigenvalue weighted by molar-refractivity contribution is -0.148. The first-order valence-corrected chi connectivity index (χ1v) is 5.49. The molecule has 0 amide bonds. The fraction of sp³-hybridized carbons (Fsp3) is 1.00. The third kappa shape index (κ3) is 2.76. The van der Waals surface area contributed by atoms with E-state index in [1.54, 1.807) is 0 Å². The van der Waals surface area contributed by atoms with Gasteiger partial charge in [-0.15, -0.1) is 0 Å². The molecule has 0 spiro atoms. The standard InChI is InChI=1S/C8H15IO4/c1-4(9)3-5-6(10)7(11)8(12-2)13-5/h4-8,10-11H,3H2,1-2H3/t4?,5?,6-,7-,8?/m0/s1. The van der Waals surface area contributed by atoms with Crippen LogP contribution in [0.4, 0.5) is 0 Å². The second kappa shape index (κ2) is 4.88. The Morgan fingerprint density at radius 3 is 2.46 bits per heavy atom. The molecule has 1 saturated heterocycles. The number of alkyl halides is 1. The number of methoxy groups -OCH3 is 1. The van der Waals surface area contributed by atoms with Crippen LogP contribution in [0, 0.1) is 0 Å². The van der Waals surface area contributed by atoms with E-state index in [2.05, 4.69) is 22.6 Å². The summed E-state index contributed by atoms with van der Waals surface area (Å²) in [4.78, 5) is 0. The van der Waals surface area contributed by atoms with Gasteiger partial charge in [-0.1, -0.05) is 29.5 Å². The van der Waals surface area contributed by atoms with Crippen LogP contribution >= 0.6 is 22.6 Å². The Morgan fingerprint density at radius 1 is 1.46 bits per heavy atom. The first kappa shape index (κ1) is 11.6. The summed E-state index contributed by atoms with van der Waals surface area (Å²) in [7, 11) is 1.45. The van der Waals surface area contributed by atoms with Crippen LogP contribution < -0.4 is 0 Å². The topological polar surface area (TPSA) is 58.9 Å². The van der Waals surface area contributed by atoms with Crippen LogP contribution in [0.3, 0.4) is 0 Å². The molecular weight excluding hydrogens is 287 g/mol. The van der Waals surface area contributed by atoms with E-state index in [-0.39, 0.29) is 6.10 Å². The van der Waals surface area contributed by atoms with Crippen LogP contribution in [-0.2, 0) is 9.47 Å². The quantitative estimate of drug-likeness (QED) is 0.581. The molecule has 0 aromatic rings. The van der Waals surface area contributed by atoms with Crippen molar-refractivity contribution in [3.63, 3.8) is 0 Å². The Kier molecular flexibility index (Phi) is 4.37. The molecule has 1 aliphatic rings. The highest BCUT2D eigenvalue weighted by atomic mass is 127. The molecular formula is C8H15IO4. The molecule has 13 heavy (non-hydrogen) atoms. The van der Waals surface area contributed by atoms with E-state index in [1.165, 1.54) is 7.11 Å². The molecule has 1 fully saturated rings. The van der Waals surface area contributed by atoms with Crippen LogP contribution in [0.15, 0.2) is 0 Å². The molecule has 78 valence electrons. The van der Waals surface area contributed by atoms with Crippen LogP contribution in [0.2, 0.25) is 0 Å². The zero-order valence-electron chi connectivity index (χ0n) is 7.68. The van der Waals surface area contributed by atoms with Gasteiger partial charge in [-0.3, -0.25) is 0 Å². The van der Waals surface area contributed by atoms with Gasteiger partial charge in [0.2, 0.25) is 0 Å². The van der Waals surface area contributed by atoms with Crippen molar-refractivity contribution in [1.82, 2.24) is 0 Å². The molecule has 1 aliphatic heterocycles. The SMILES string of the molecule is COC1OC(CC(C)I)[C@H](O)[C@@H]1O. The summed E-state index contributed by atoms with van der Waals surface area (Å²) in [5.41, 5.74) is 0. The van der Waals surface area contributed by atoms with Crippen LogP contribution in [0.5, 0.6) is 0 Å². The highest BCUT2D eigenvalue weighted by molar-refractivity contribution is 14.1. The molecule has 0 aromatic carbocycles. The lowest BCUT2D eigenvalue weighted by atomic mass is 10.1. The summed E-state index contributed by atoms with van der Waals surface area (Å²) in [6.07, 6.45) is -2.03. The first-order valence-electron chi connectivity index (χ1n) is 4.24. The molecule has 0 saturated carbocycles. The Labute approximate surface area is 91.4 Å². The molecule has 0 aromatic heterocycles. The second-order valence-electron chi connectivity index (χ2n) is 3.28. The van der Waals surface area contributed by atoms with Crippen molar-refractivity contribution in [2.75, 3.05) is 7.11 Å². The summed E-state index contributed by atoms with van der Waals surface area (Å²) in [5, 5.41) is 19.0. The maximum atomic E-state index is 9.55. The van der Waals surface area contributed by atoms with Gasteiger partial charge in [0.05, 0.1) is 6.10 Å². The zero-order chi connectivity index (χ0) is 10.0. The number of aliphatic hydroxyl groups is 2. The van der Waals surface area contributed by atoms with E-state index in [9.17, 15) is 10.2 Å². The van der Waals surface area contributed by atoms with Gasteiger partial charge in [0.25, 0.3) is 0 Å². The second-order valence-corrected chi connectivity index (χ2v) is 5.40. The van der Waals surface area contributed by atoms with Crippen molar-refractivity contribution >= 4 is 22.6 Å². The minimum Gasteiger partial charge on any atom is -0.387 e.